The van der Waals surface area contributed by atoms with Crippen LogP contribution in [0.25, 0.3) is 0 Å². The van der Waals surface area contributed by atoms with Gasteiger partial charge >= 0.3 is 0 Å². The molecule has 0 unspecified atom stereocenters. The van der Waals surface area contributed by atoms with Gasteiger partial charge in [-0.3, -0.25) is 0 Å². The summed E-state index contributed by atoms with van der Waals surface area (Å²) < 4.78 is 17.7. The highest BCUT2D eigenvalue weighted by atomic mass is 16.8. The van der Waals surface area contributed by atoms with Gasteiger partial charge in [-0.2, -0.15) is 0 Å². The second kappa shape index (κ2) is 14.6. The average Bonchev–Trinajstić information content (AvgIpc) is 3.07. The van der Waals surface area contributed by atoms with Gasteiger partial charge < -0.3 is 19.3 Å². The lowest BCUT2D eigenvalue weighted by molar-refractivity contribution is -0.155. The summed E-state index contributed by atoms with van der Waals surface area (Å²) in [5.41, 5.74) is 1.11. The first-order valence-electron chi connectivity index (χ1n) is 12.2. The van der Waals surface area contributed by atoms with Crippen LogP contribution in [-0.4, -0.2) is 35.8 Å². The number of unbranched alkanes of at least 4 members (excludes halogenated alkanes) is 9. The molecule has 1 aromatic rings. The Labute approximate surface area is 189 Å². The van der Waals surface area contributed by atoms with Crippen LogP contribution in [0.2, 0.25) is 0 Å². The molecule has 4 nitrogen and oxygen atoms in total. The first kappa shape index (κ1) is 25.9. The molecule has 1 aliphatic heterocycles. The van der Waals surface area contributed by atoms with Crippen molar-refractivity contribution in [1.82, 2.24) is 0 Å². The van der Waals surface area contributed by atoms with Crippen molar-refractivity contribution in [1.29, 1.82) is 0 Å². The number of benzene rings is 1. The summed E-state index contributed by atoms with van der Waals surface area (Å²) in [5, 5.41) is 10.6. The van der Waals surface area contributed by atoms with Crippen molar-refractivity contribution in [2.75, 3.05) is 6.61 Å². The van der Waals surface area contributed by atoms with Crippen molar-refractivity contribution in [2.45, 2.75) is 116 Å². The highest BCUT2D eigenvalue weighted by Crippen LogP contribution is 2.30. The number of hydrogen-bond donors (Lipinski definition) is 1. The Balaban J connectivity index is 1.66. The minimum atomic E-state index is -0.870. The molecule has 0 amide bonds. The monoisotopic (exact) mass is 430 g/mol. The first-order valence-corrected chi connectivity index (χ1v) is 12.2. The minimum Gasteiger partial charge on any atom is -0.378 e. The third-order valence-corrected chi connectivity index (χ3v) is 5.58. The van der Waals surface area contributed by atoms with E-state index in [-0.39, 0.29) is 6.10 Å². The van der Waals surface area contributed by atoms with Crippen LogP contribution in [0.3, 0.4) is 0 Å². The largest absolute Gasteiger partial charge is 0.378 e. The van der Waals surface area contributed by atoms with E-state index in [2.05, 4.69) is 18.8 Å². The molecule has 0 aromatic heterocycles. The number of aliphatic hydroxyl groups is 1. The van der Waals surface area contributed by atoms with Crippen molar-refractivity contribution in [3.05, 3.63) is 35.9 Å². The maximum Gasteiger partial charge on any atom is 0.164 e. The Kier molecular flexibility index (Phi) is 12.2. The highest BCUT2D eigenvalue weighted by Gasteiger charge is 2.44. The van der Waals surface area contributed by atoms with Crippen LogP contribution < -0.4 is 0 Å². The van der Waals surface area contributed by atoms with Gasteiger partial charge in [0.05, 0.1) is 13.2 Å². The molecule has 0 aliphatic carbocycles. The van der Waals surface area contributed by atoms with Crippen molar-refractivity contribution in [3.63, 3.8) is 0 Å². The second-order valence-electron chi connectivity index (χ2n) is 8.98. The van der Waals surface area contributed by atoms with E-state index in [4.69, 9.17) is 14.2 Å². The van der Waals surface area contributed by atoms with Crippen LogP contribution in [0.5, 0.6) is 0 Å². The third-order valence-electron chi connectivity index (χ3n) is 5.58. The molecule has 0 saturated carbocycles. The Morgan fingerprint density at radius 2 is 1.61 bits per heavy atom. The summed E-state index contributed by atoms with van der Waals surface area (Å²) in [6.45, 7) is 6.85. The summed E-state index contributed by atoms with van der Waals surface area (Å²) in [4.78, 5) is 0. The van der Waals surface area contributed by atoms with Crippen LogP contribution in [0.4, 0.5) is 0 Å². The van der Waals surface area contributed by atoms with Gasteiger partial charge in [-0.1, -0.05) is 94.5 Å². The van der Waals surface area contributed by atoms with Gasteiger partial charge in [-0.05, 0) is 25.8 Å². The molecule has 1 aromatic carbocycles. The molecule has 1 N–H and O–H groups in total. The fraction of sp³-hybridized carbons (Fsp3) is 0.704. The lowest BCUT2D eigenvalue weighted by atomic mass is 10.1. The first-order chi connectivity index (χ1) is 15.0. The zero-order valence-electron chi connectivity index (χ0n) is 19.8. The quantitative estimate of drug-likeness (QED) is 0.290. The van der Waals surface area contributed by atoms with Crippen LogP contribution in [0, 0.1) is 11.8 Å². The van der Waals surface area contributed by atoms with E-state index in [0.717, 1.165) is 18.4 Å². The molecule has 174 valence electrons. The van der Waals surface area contributed by atoms with E-state index < -0.39 is 18.0 Å². The minimum absolute atomic E-state index is 0.337. The van der Waals surface area contributed by atoms with Gasteiger partial charge in [0.25, 0.3) is 0 Å². The van der Waals surface area contributed by atoms with Gasteiger partial charge in [-0.15, -0.1) is 5.92 Å². The number of ether oxygens (including phenoxy) is 3. The van der Waals surface area contributed by atoms with Crippen LogP contribution >= 0.6 is 0 Å². The highest BCUT2D eigenvalue weighted by molar-refractivity contribution is 5.13. The molecule has 0 spiro atoms. The van der Waals surface area contributed by atoms with Crippen LogP contribution in [0.1, 0.15) is 90.5 Å². The Morgan fingerprint density at radius 1 is 0.968 bits per heavy atom. The van der Waals surface area contributed by atoms with E-state index in [9.17, 15) is 5.11 Å². The van der Waals surface area contributed by atoms with E-state index in [1.54, 1.807) is 0 Å². The van der Waals surface area contributed by atoms with Gasteiger partial charge in [0, 0.05) is 6.42 Å². The molecule has 1 aliphatic rings. The zero-order valence-corrected chi connectivity index (χ0v) is 19.8. The fourth-order valence-electron chi connectivity index (χ4n) is 3.91. The Morgan fingerprint density at radius 3 is 2.29 bits per heavy atom. The van der Waals surface area contributed by atoms with E-state index in [1.165, 1.54) is 51.4 Å². The van der Waals surface area contributed by atoms with Gasteiger partial charge in [0.1, 0.15) is 18.3 Å². The molecule has 3 atom stereocenters. The van der Waals surface area contributed by atoms with Gasteiger partial charge in [0.15, 0.2) is 5.79 Å². The molecule has 1 heterocycles. The standard InChI is InChI=1S/C27H42O4/c1-4-5-6-7-8-9-10-11-12-13-17-20-24(28)26-25(30-27(2,3)31-26)22-29-21-23-18-15-14-16-19-23/h14-16,18-19,24-26,28H,4-13,21-22H2,1-3H3/t24-,25-,26+/m0/s1. The molecule has 2 rings (SSSR count). The predicted octanol–water partition coefficient (Wildman–Crippen LogP) is 6.01. The summed E-state index contributed by atoms with van der Waals surface area (Å²) >= 11 is 0. The van der Waals surface area contributed by atoms with Crippen molar-refractivity contribution < 1.29 is 19.3 Å². The van der Waals surface area contributed by atoms with E-state index >= 15 is 0 Å². The molecule has 0 radical (unpaired) electrons. The predicted molar refractivity (Wildman–Crippen MR) is 126 cm³/mol. The molecule has 31 heavy (non-hydrogen) atoms. The normalized spacial score (nSPS) is 20.9. The molecule has 1 saturated heterocycles. The van der Waals surface area contributed by atoms with Gasteiger partial charge in [-0.25, -0.2) is 0 Å². The van der Waals surface area contributed by atoms with Crippen molar-refractivity contribution in [3.8, 4) is 11.8 Å². The summed E-state index contributed by atoms with van der Waals surface area (Å²) in [6, 6.07) is 10.0. The van der Waals surface area contributed by atoms with E-state index in [0.29, 0.717) is 13.2 Å². The smallest absolute Gasteiger partial charge is 0.164 e. The molecule has 1 fully saturated rings. The van der Waals surface area contributed by atoms with Crippen molar-refractivity contribution in [2.24, 2.45) is 0 Å². The second-order valence-corrected chi connectivity index (χ2v) is 8.98. The van der Waals surface area contributed by atoms with Crippen LogP contribution in [-0.2, 0) is 20.8 Å². The van der Waals surface area contributed by atoms with Crippen LogP contribution in [0.15, 0.2) is 30.3 Å². The lowest BCUT2D eigenvalue weighted by Crippen LogP contribution is -2.37. The number of rotatable bonds is 14. The topological polar surface area (TPSA) is 47.9 Å². The fourth-order valence-corrected chi connectivity index (χ4v) is 3.91. The Hall–Kier alpha value is -1.38. The number of hydrogen-bond acceptors (Lipinski definition) is 4. The van der Waals surface area contributed by atoms with E-state index in [1.807, 2.05) is 44.2 Å². The zero-order chi connectivity index (χ0) is 22.4. The average molecular weight is 431 g/mol. The lowest BCUT2D eigenvalue weighted by Gasteiger charge is -2.18. The maximum absolute atomic E-state index is 10.6. The maximum atomic E-state index is 10.6. The van der Waals surface area contributed by atoms with Crippen molar-refractivity contribution >= 4 is 0 Å². The molecule has 4 heteroatoms. The SMILES string of the molecule is CCCCCCCCCCCC#C[C@H](O)[C@H]1OC(C)(C)O[C@H]1COCc1ccccc1. The number of aliphatic hydroxyl groups excluding tert-OH is 1. The molecular weight excluding hydrogens is 388 g/mol. The molecule has 0 bridgehead atoms. The summed E-state index contributed by atoms with van der Waals surface area (Å²) in [5.74, 6) is 5.36. The molecular formula is C27H42O4. The summed E-state index contributed by atoms with van der Waals surface area (Å²) in [7, 11) is 0. The third kappa shape index (κ3) is 10.7. The summed E-state index contributed by atoms with van der Waals surface area (Å²) in [6.07, 6.45) is 10.8. The Bertz CT molecular complexity index is 646. The van der Waals surface area contributed by atoms with Gasteiger partial charge in [0.2, 0.25) is 0 Å².